The topological polar surface area (TPSA) is 21.3 Å². The molecule has 3 heteroatoms. The number of ether oxygens (including phenoxy) is 1. The van der Waals surface area contributed by atoms with Crippen LogP contribution in [0.1, 0.15) is 56.2 Å². The van der Waals surface area contributed by atoms with E-state index in [2.05, 4.69) is 38.2 Å². The van der Waals surface area contributed by atoms with E-state index in [4.69, 9.17) is 4.74 Å². The quantitative estimate of drug-likeness (QED) is 0.566. The van der Waals surface area contributed by atoms with Crippen LogP contribution >= 0.6 is 11.3 Å². The summed E-state index contributed by atoms with van der Waals surface area (Å²) in [6.45, 7) is 9.74. The van der Waals surface area contributed by atoms with Gasteiger partial charge < -0.3 is 10.1 Å². The van der Waals surface area contributed by atoms with Crippen LogP contribution in [0.2, 0.25) is 0 Å². The van der Waals surface area contributed by atoms with Crippen molar-refractivity contribution in [3.05, 3.63) is 21.9 Å². The number of aryl methyl sites for hydroxylation is 1. The van der Waals surface area contributed by atoms with Crippen molar-refractivity contribution in [1.82, 2.24) is 5.32 Å². The molecule has 1 N–H and O–H groups in total. The van der Waals surface area contributed by atoms with Crippen molar-refractivity contribution in [3.8, 4) is 0 Å². The number of unbranched alkanes of at least 4 members (excludes halogenated alkanes) is 1. The molecule has 0 bridgehead atoms. The molecule has 0 fully saturated rings. The van der Waals surface area contributed by atoms with Crippen LogP contribution in [0.3, 0.4) is 0 Å². The number of methoxy groups -OCH3 is 1. The van der Waals surface area contributed by atoms with Gasteiger partial charge in [0.25, 0.3) is 0 Å². The molecule has 1 atom stereocenters. The molecule has 1 aromatic heterocycles. The molecular formula is C18H33NOS. The lowest BCUT2D eigenvalue weighted by molar-refractivity contribution is 0.182. The van der Waals surface area contributed by atoms with E-state index in [0.717, 1.165) is 26.1 Å². The van der Waals surface area contributed by atoms with E-state index in [9.17, 15) is 0 Å². The van der Waals surface area contributed by atoms with Crippen molar-refractivity contribution < 1.29 is 4.74 Å². The van der Waals surface area contributed by atoms with Gasteiger partial charge in [-0.2, -0.15) is 0 Å². The zero-order chi connectivity index (χ0) is 15.6. The van der Waals surface area contributed by atoms with Crippen molar-refractivity contribution >= 4 is 11.3 Å². The van der Waals surface area contributed by atoms with Gasteiger partial charge in [0.1, 0.15) is 0 Å². The van der Waals surface area contributed by atoms with E-state index < -0.39 is 0 Å². The maximum atomic E-state index is 5.15. The highest BCUT2D eigenvalue weighted by atomic mass is 32.1. The summed E-state index contributed by atoms with van der Waals surface area (Å²) in [4.78, 5) is 3.07. The molecule has 0 aliphatic carbocycles. The Morgan fingerprint density at radius 2 is 1.95 bits per heavy atom. The molecule has 21 heavy (non-hydrogen) atoms. The van der Waals surface area contributed by atoms with Gasteiger partial charge in [0, 0.05) is 30.0 Å². The van der Waals surface area contributed by atoms with Crippen molar-refractivity contribution in [2.45, 2.75) is 59.3 Å². The molecule has 122 valence electrons. The normalized spacial score (nSPS) is 14.3. The Kier molecular flexibility index (Phi) is 9.21. The summed E-state index contributed by atoms with van der Waals surface area (Å²) >= 11 is 2.00. The van der Waals surface area contributed by atoms with Gasteiger partial charge in [-0.1, -0.05) is 33.6 Å². The second-order valence-electron chi connectivity index (χ2n) is 6.03. The number of hydrogen-bond donors (Lipinski definition) is 1. The summed E-state index contributed by atoms with van der Waals surface area (Å²) in [7, 11) is 1.77. The van der Waals surface area contributed by atoms with E-state index in [1.807, 2.05) is 11.3 Å². The smallest absolute Gasteiger partial charge is 0.0587 e. The maximum absolute atomic E-state index is 5.15. The van der Waals surface area contributed by atoms with Crippen molar-refractivity contribution in [1.29, 1.82) is 0 Å². The molecule has 1 rings (SSSR count). The van der Waals surface area contributed by atoms with E-state index in [0.29, 0.717) is 5.41 Å². The van der Waals surface area contributed by atoms with E-state index in [-0.39, 0.29) is 0 Å². The van der Waals surface area contributed by atoms with Gasteiger partial charge >= 0.3 is 0 Å². The van der Waals surface area contributed by atoms with Crippen LogP contribution in [0.5, 0.6) is 0 Å². The molecule has 0 saturated carbocycles. The Bertz CT molecular complexity index is 377. The second kappa shape index (κ2) is 10.4. The van der Waals surface area contributed by atoms with Gasteiger partial charge in [0.05, 0.1) is 6.61 Å². The number of nitrogens with one attached hydrogen (secondary N) is 1. The molecule has 0 radical (unpaired) electrons. The van der Waals surface area contributed by atoms with Crippen LogP contribution in [0.25, 0.3) is 0 Å². The third-order valence-corrected chi connectivity index (χ3v) is 5.64. The predicted molar refractivity (Wildman–Crippen MR) is 94.4 cm³/mol. The van der Waals surface area contributed by atoms with Gasteiger partial charge in [-0.25, -0.2) is 0 Å². The Balaban J connectivity index is 2.68. The van der Waals surface area contributed by atoms with Gasteiger partial charge in [-0.05, 0) is 43.2 Å². The molecule has 0 amide bonds. The minimum Gasteiger partial charge on any atom is -0.383 e. The zero-order valence-electron chi connectivity index (χ0n) is 14.3. The molecule has 1 heterocycles. The van der Waals surface area contributed by atoms with Crippen LogP contribution in [-0.4, -0.2) is 26.8 Å². The van der Waals surface area contributed by atoms with Crippen molar-refractivity contribution in [2.24, 2.45) is 5.41 Å². The van der Waals surface area contributed by atoms with Gasteiger partial charge in [-0.3, -0.25) is 0 Å². The lowest BCUT2D eigenvalue weighted by Gasteiger charge is -2.33. The molecule has 0 aromatic carbocycles. The fourth-order valence-corrected chi connectivity index (χ4v) is 3.95. The van der Waals surface area contributed by atoms with Gasteiger partial charge in [-0.15, -0.1) is 11.3 Å². The molecule has 2 nitrogen and oxygen atoms in total. The second-order valence-corrected chi connectivity index (χ2v) is 7.28. The Labute approximate surface area is 135 Å². The lowest BCUT2D eigenvalue weighted by Crippen LogP contribution is -2.37. The Morgan fingerprint density at radius 1 is 1.19 bits per heavy atom. The number of hydrogen-bond acceptors (Lipinski definition) is 3. The summed E-state index contributed by atoms with van der Waals surface area (Å²) in [6, 6.07) is 4.65. The molecule has 1 unspecified atom stereocenters. The van der Waals surface area contributed by atoms with Gasteiger partial charge in [0.15, 0.2) is 0 Å². The van der Waals surface area contributed by atoms with Crippen LogP contribution in [0.4, 0.5) is 0 Å². The SMILES string of the molecule is CCCCC(CC)(CNCCOC)Cc1ccc(CC)s1. The van der Waals surface area contributed by atoms with Crippen LogP contribution < -0.4 is 5.32 Å². The lowest BCUT2D eigenvalue weighted by atomic mass is 9.76. The average molecular weight is 312 g/mol. The van der Waals surface area contributed by atoms with E-state index >= 15 is 0 Å². The van der Waals surface area contributed by atoms with Crippen LogP contribution in [0, 0.1) is 5.41 Å². The number of thiophene rings is 1. The molecule has 0 aliphatic rings. The van der Waals surface area contributed by atoms with E-state index in [1.54, 1.807) is 12.0 Å². The maximum Gasteiger partial charge on any atom is 0.0587 e. The predicted octanol–water partition coefficient (Wildman–Crippen LogP) is 4.68. The number of rotatable bonds is 12. The summed E-state index contributed by atoms with van der Waals surface area (Å²) < 4.78 is 5.15. The summed E-state index contributed by atoms with van der Waals surface area (Å²) in [6.07, 6.45) is 7.54. The minimum absolute atomic E-state index is 0.402. The summed E-state index contributed by atoms with van der Waals surface area (Å²) in [5.41, 5.74) is 0.402. The highest BCUT2D eigenvalue weighted by Crippen LogP contribution is 2.34. The van der Waals surface area contributed by atoms with E-state index in [1.165, 1.54) is 37.0 Å². The van der Waals surface area contributed by atoms with Crippen LogP contribution in [-0.2, 0) is 17.6 Å². The Morgan fingerprint density at radius 3 is 2.52 bits per heavy atom. The first kappa shape index (κ1) is 18.7. The molecule has 0 spiro atoms. The molecule has 1 aromatic rings. The standard InChI is InChI=1S/C18H33NOS/c1-5-8-11-18(7-3,15-19-12-13-20-4)14-17-10-9-16(6-2)21-17/h9-10,19H,5-8,11-15H2,1-4H3. The highest BCUT2D eigenvalue weighted by molar-refractivity contribution is 7.11. The van der Waals surface area contributed by atoms with Crippen LogP contribution in [0.15, 0.2) is 12.1 Å². The fourth-order valence-electron chi connectivity index (χ4n) is 2.82. The first-order valence-electron chi connectivity index (χ1n) is 8.47. The first-order chi connectivity index (χ1) is 10.2. The zero-order valence-corrected chi connectivity index (χ0v) is 15.2. The third-order valence-electron chi connectivity index (χ3n) is 4.41. The molecule has 0 aliphatic heterocycles. The molecular weight excluding hydrogens is 278 g/mol. The monoisotopic (exact) mass is 311 g/mol. The highest BCUT2D eigenvalue weighted by Gasteiger charge is 2.28. The molecule has 0 saturated heterocycles. The summed E-state index contributed by atoms with van der Waals surface area (Å²) in [5.74, 6) is 0. The average Bonchev–Trinajstić information content (AvgIpc) is 2.96. The first-order valence-corrected chi connectivity index (χ1v) is 9.28. The van der Waals surface area contributed by atoms with Crippen molar-refractivity contribution in [2.75, 3.05) is 26.8 Å². The third kappa shape index (κ3) is 6.50. The van der Waals surface area contributed by atoms with Gasteiger partial charge in [0.2, 0.25) is 0 Å². The summed E-state index contributed by atoms with van der Waals surface area (Å²) in [5, 5.41) is 3.61. The minimum atomic E-state index is 0.402. The largest absolute Gasteiger partial charge is 0.383 e. The van der Waals surface area contributed by atoms with Crippen molar-refractivity contribution in [3.63, 3.8) is 0 Å². The Hall–Kier alpha value is -0.380. The fraction of sp³-hybridized carbons (Fsp3) is 0.778.